The Balaban J connectivity index is 3.17. The van der Waals surface area contributed by atoms with Gasteiger partial charge in [-0.25, -0.2) is 4.79 Å². The van der Waals surface area contributed by atoms with Crippen LogP contribution in [0.5, 0.6) is 0 Å². The summed E-state index contributed by atoms with van der Waals surface area (Å²) in [6.45, 7) is 0. The van der Waals surface area contributed by atoms with Gasteiger partial charge in [0.15, 0.2) is 4.90 Å². The van der Waals surface area contributed by atoms with Crippen LogP contribution in [0, 0.1) is 0 Å². The third kappa shape index (κ3) is 1.78. The van der Waals surface area contributed by atoms with Gasteiger partial charge >= 0.3 is 5.97 Å². The number of carboxylic acids is 1. The topological polar surface area (TPSA) is 60.4 Å². The molecule has 0 aliphatic heterocycles. The molecule has 1 aromatic rings. The number of rotatable bonds is 2. The highest BCUT2D eigenvalue weighted by Crippen LogP contribution is 2.14. The third-order valence-corrected chi connectivity index (χ3v) is 2.40. The van der Waals surface area contributed by atoms with E-state index < -0.39 is 17.1 Å². The average molecular weight is 184 g/mol. The minimum absolute atomic E-state index is 0.110. The van der Waals surface area contributed by atoms with Gasteiger partial charge in [0.25, 0.3) is 0 Å². The van der Waals surface area contributed by atoms with Crippen molar-refractivity contribution >= 4 is 17.1 Å². The van der Waals surface area contributed by atoms with Crippen LogP contribution in [0.4, 0.5) is 0 Å². The number of hydrogen-bond acceptors (Lipinski definition) is 2. The molecule has 0 spiro atoms. The molecule has 1 unspecified atom stereocenters. The molecule has 64 valence electrons. The highest BCUT2D eigenvalue weighted by atomic mass is 32.2. The minimum atomic E-state index is -1.24. The zero-order valence-corrected chi connectivity index (χ0v) is 7.30. The first kappa shape index (κ1) is 9.09. The van der Waals surface area contributed by atoms with E-state index in [2.05, 4.69) is 0 Å². The van der Waals surface area contributed by atoms with Crippen LogP contribution >= 0.6 is 0 Å². The van der Waals surface area contributed by atoms with E-state index in [1.807, 2.05) is 0 Å². The van der Waals surface area contributed by atoms with Gasteiger partial charge in [-0.05, 0) is 23.3 Å². The van der Waals surface area contributed by atoms with Crippen LogP contribution in [0.25, 0.3) is 0 Å². The maximum absolute atomic E-state index is 11.0. The fourth-order valence-electron chi connectivity index (χ4n) is 0.894. The van der Waals surface area contributed by atoms with E-state index in [1.54, 1.807) is 18.2 Å². The van der Waals surface area contributed by atoms with Gasteiger partial charge in [0.2, 0.25) is 0 Å². The number of carbonyl (C=O) groups is 1. The smallest absolute Gasteiger partial charge is 0.340 e. The SMILES string of the molecule is C[S+]([O-])c1ccccc1C(=O)O. The van der Waals surface area contributed by atoms with Crippen LogP contribution in [0.1, 0.15) is 10.4 Å². The zero-order chi connectivity index (χ0) is 9.14. The predicted octanol–water partition coefficient (Wildman–Crippen LogP) is 1.12. The molecule has 0 saturated heterocycles. The molecule has 0 amide bonds. The number of aromatic carboxylic acids is 1. The summed E-state index contributed by atoms with van der Waals surface area (Å²) in [4.78, 5) is 11.0. The molecular weight excluding hydrogens is 176 g/mol. The van der Waals surface area contributed by atoms with Crippen molar-refractivity contribution in [2.75, 3.05) is 6.26 Å². The van der Waals surface area contributed by atoms with Gasteiger partial charge in [0.1, 0.15) is 11.8 Å². The lowest BCUT2D eigenvalue weighted by atomic mass is 10.2. The van der Waals surface area contributed by atoms with Crippen LogP contribution in [0.3, 0.4) is 0 Å². The van der Waals surface area contributed by atoms with Crippen LogP contribution in [-0.2, 0) is 11.2 Å². The lowest BCUT2D eigenvalue weighted by Gasteiger charge is -2.05. The molecule has 0 saturated carbocycles. The summed E-state index contributed by atoms with van der Waals surface area (Å²) in [6.07, 6.45) is 1.46. The van der Waals surface area contributed by atoms with Crippen molar-refractivity contribution < 1.29 is 14.5 Å². The maximum Gasteiger partial charge on any atom is 0.340 e. The van der Waals surface area contributed by atoms with Crippen molar-refractivity contribution in [2.45, 2.75) is 4.90 Å². The lowest BCUT2D eigenvalue weighted by molar-refractivity contribution is 0.0692. The number of benzene rings is 1. The number of hydrogen-bond donors (Lipinski definition) is 1. The molecular formula is C8H8O3S. The van der Waals surface area contributed by atoms with Gasteiger partial charge in [-0.2, -0.15) is 0 Å². The molecule has 0 radical (unpaired) electrons. The summed E-state index contributed by atoms with van der Waals surface area (Å²) in [5.74, 6) is -1.04. The summed E-state index contributed by atoms with van der Waals surface area (Å²) in [5, 5.41) is 8.68. The molecule has 0 fully saturated rings. The molecule has 1 aromatic carbocycles. The van der Waals surface area contributed by atoms with Gasteiger partial charge in [-0.3, -0.25) is 0 Å². The van der Waals surface area contributed by atoms with Gasteiger partial charge in [0, 0.05) is 0 Å². The van der Waals surface area contributed by atoms with E-state index in [0.717, 1.165) is 0 Å². The molecule has 0 heterocycles. The summed E-state index contributed by atoms with van der Waals surface area (Å²) >= 11 is -1.24. The molecule has 1 atom stereocenters. The molecule has 3 nitrogen and oxygen atoms in total. The fraction of sp³-hybridized carbons (Fsp3) is 0.125. The second kappa shape index (κ2) is 3.60. The van der Waals surface area contributed by atoms with Gasteiger partial charge in [-0.1, -0.05) is 12.1 Å². The second-order valence-electron chi connectivity index (χ2n) is 2.26. The lowest BCUT2D eigenvalue weighted by Crippen LogP contribution is -2.06. The van der Waals surface area contributed by atoms with Gasteiger partial charge in [-0.15, -0.1) is 0 Å². The molecule has 0 bridgehead atoms. The summed E-state index contributed by atoms with van der Waals surface area (Å²) in [6, 6.07) is 6.28. The largest absolute Gasteiger partial charge is 0.612 e. The second-order valence-corrected chi connectivity index (χ2v) is 3.60. The Kier molecular flexibility index (Phi) is 2.73. The Labute approximate surface area is 73.2 Å². The first-order valence-electron chi connectivity index (χ1n) is 3.28. The molecule has 12 heavy (non-hydrogen) atoms. The van der Waals surface area contributed by atoms with Crippen LogP contribution in [0.2, 0.25) is 0 Å². The monoisotopic (exact) mass is 184 g/mol. The van der Waals surface area contributed by atoms with Crippen molar-refractivity contribution in [3.8, 4) is 0 Å². The standard InChI is InChI=1S/C8H8O3S/c1-12(11)7-5-3-2-4-6(7)8(9)10/h2-5H,1H3,(H,9,10). The average Bonchev–Trinajstić information content (AvgIpc) is 2.04. The summed E-state index contributed by atoms with van der Waals surface area (Å²) < 4.78 is 11.0. The van der Waals surface area contributed by atoms with E-state index in [-0.39, 0.29) is 5.56 Å². The number of carboxylic acid groups (broad SMARTS) is 1. The highest BCUT2D eigenvalue weighted by molar-refractivity contribution is 7.90. The zero-order valence-electron chi connectivity index (χ0n) is 6.48. The Morgan fingerprint density at radius 1 is 1.50 bits per heavy atom. The summed E-state index contributed by atoms with van der Waals surface area (Å²) in [5.41, 5.74) is 0.110. The normalized spacial score (nSPS) is 12.5. The Hall–Kier alpha value is -1.00. The Bertz CT molecular complexity index is 296. The van der Waals surface area contributed by atoms with Crippen LogP contribution < -0.4 is 0 Å². The van der Waals surface area contributed by atoms with Gasteiger partial charge < -0.3 is 9.66 Å². The first-order valence-corrected chi connectivity index (χ1v) is 4.84. The molecule has 0 aromatic heterocycles. The summed E-state index contributed by atoms with van der Waals surface area (Å²) in [7, 11) is 0. The molecule has 1 N–H and O–H groups in total. The highest BCUT2D eigenvalue weighted by Gasteiger charge is 2.15. The van der Waals surface area contributed by atoms with E-state index >= 15 is 0 Å². The van der Waals surface area contributed by atoms with E-state index in [9.17, 15) is 9.35 Å². The molecule has 0 aliphatic carbocycles. The molecule has 0 aliphatic rings. The Morgan fingerprint density at radius 2 is 2.08 bits per heavy atom. The fourth-order valence-corrected chi connectivity index (χ4v) is 1.63. The third-order valence-electron chi connectivity index (χ3n) is 1.43. The van der Waals surface area contributed by atoms with E-state index in [1.165, 1.54) is 12.3 Å². The molecule has 4 heteroatoms. The van der Waals surface area contributed by atoms with Crippen LogP contribution in [0.15, 0.2) is 29.2 Å². The van der Waals surface area contributed by atoms with Crippen molar-refractivity contribution in [3.63, 3.8) is 0 Å². The van der Waals surface area contributed by atoms with Crippen LogP contribution in [-0.4, -0.2) is 21.9 Å². The van der Waals surface area contributed by atoms with Gasteiger partial charge in [0.05, 0.1) is 0 Å². The quantitative estimate of drug-likeness (QED) is 0.701. The van der Waals surface area contributed by atoms with Crippen molar-refractivity contribution in [3.05, 3.63) is 29.8 Å². The first-order chi connectivity index (χ1) is 5.63. The van der Waals surface area contributed by atoms with Crippen molar-refractivity contribution in [2.24, 2.45) is 0 Å². The van der Waals surface area contributed by atoms with E-state index in [4.69, 9.17) is 5.11 Å². The maximum atomic E-state index is 11.0. The predicted molar refractivity (Wildman–Crippen MR) is 45.7 cm³/mol. The molecule has 1 rings (SSSR count). The van der Waals surface area contributed by atoms with Crippen molar-refractivity contribution in [1.29, 1.82) is 0 Å². The van der Waals surface area contributed by atoms with E-state index in [0.29, 0.717) is 4.90 Å². The minimum Gasteiger partial charge on any atom is -0.612 e. The van der Waals surface area contributed by atoms with Crippen molar-refractivity contribution in [1.82, 2.24) is 0 Å². The Morgan fingerprint density at radius 3 is 2.50 bits per heavy atom.